The summed E-state index contributed by atoms with van der Waals surface area (Å²) < 4.78 is 34.1. The van der Waals surface area contributed by atoms with Crippen LogP contribution in [0.4, 0.5) is 13.6 Å². The Labute approximate surface area is 183 Å². The second kappa shape index (κ2) is 9.39. The predicted octanol–water partition coefficient (Wildman–Crippen LogP) is 2.26. The van der Waals surface area contributed by atoms with Gasteiger partial charge in [0.05, 0.1) is 30.1 Å². The van der Waals surface area contributed by atoms with Crippen LogP contribution in [0.5, 0.6) is 0 Å². The smallest absolute Gasteiger partial charge is 0.324 e. The van der Waals surface area contributed by atoms with Gasteiger partial charge in [-0.15, -0.1) is 0 Å². The molecule has 1 atom stereocenters. The number of carbonyl (C=O) groups is 3. The lowest BCUT2D eigenvalue weighted by Crippen LogP contribution is -2.51. The van der Waals surface area contributed by atoms with Crippen LogP contribution in [-0.2, 0) is 14.3 Å². The normalized spacial score (nSPS) is 19.1. The molecular weight excluding hydrogens is 422 g/mol. The van der Waals surface area contributed by atoms with Crippen molar-refractivity contribution in [3.63, 3.8) is 0 Å². The molecule has 1 aromatic heterocycles. The van der Waals surface area contributed by atoms with Crippen LogP contribution in [0.25, 0.3) is 11.3 Å². The van der Waals surface area contributed by atoms with E-state index in [9.17, 15) is 23.2 Å². The van der Waals surface area contributed by atoms with Crippen molar-refractivity contribution in [1.82, 2.24) is 20.1 Å². The number of morpholine rings is 1. The van der Waals surface area contributed by atoms with E-state index in [4.69, 9.17) is 4.74 Å². The van der Waals surface area contributed by atoms with Gasteiger partial charge in [-0.05, 0) is 24.3 Å². The second-order valence-electron chi connectivity index (χ2n) is 7.52. The molecule has 4 amide bonds. The number of hydrogen-bond donors (Lipinski definition) is 1. The minimum atomic E-state index is -0.715. The summed E-state index contributed by atoms with van der Waals surface area (Å²) in [5.74, 6) is -1.96. The molecule has 0 radical (unpaired) electrons. The molecule has 0 unspecified atom stereocenters. The quantitative estimate of drug-likeness (QED) is 0.764. The minimum Gasteiger partial charge on any atom is -0.368 e. The van der Waals surface area contributed by atoms with E-state index in [2.05, 4.69) is 10.3 Å². The van der Waals surface area contributed by atoms with Crippen LogP contribution < -0.4 is 5.32 Å². The van der Waals surface area contributed by atoms with E-state index in [0.717, 1.165) is 17.0 Å². The van der Waals surface area contributed by atoms with Gasteiger partial charge in [0.15, 0.2) is 0 Å². The number of aromatic nitrogens is 1. The number of pyridine rings is 1. The Bertz CT molecular complexity index is 1010. The van der Waals surface area contributed by atoms with E-state index in [-0.39, 0.29) is 55.6 Å². The first-order valence-corrected chi connectivity index (χ1v) is 10.3. The van der Waals surface area contributed by atoms with Gasteiger partial charge in [-0.1, -0.05) is 12.1 Å². The lowest BCUT2D eigenvalue weighted by Gasteiger charge is -2.33. The summed E-state index contributed by atoms with van der Waals surface area (Å²) in [5.41, 5.74) is 0.371. The number of halogens is 2. The van der Waals surface area contributed by atoms with Gasteiger partial charge in [0, 0.05) is 32.5 Å². The molecule has 2 aromatic rings. The minimum absolute atomic E-state index is 0.000212. The summed E-state index contributed by atoms with van der Waals surface area (Å²) in [6, 6.07) is 7.95. The molecular formula is C22H22F2N4O4. The van der Waals surface area contributed by atoms with Gasteiger partial charge in [0.25, 0.3) is 0 Å². The number of imide groups is 1. The number of hydrogen-bond acceptors (Lipinski definition) is 5. The maximum atomic E-state index is 14.2. The Kier molecular flexibility index (Phi) is 6.40. The van der Waals surface area contributed by atoms with Crippen molar-refractivity contribution in [2.75, 3.05) is 32.8 Å². The van der Waals surface area contributed by atoms with E-state index in [1.807, 2.05) is 0 Å². The molecule has 0 bridgehead atoms. The van der Waals surface area contributed by atoms with Gasteiger partial charge >= 0.3 is 6.03 Å². The lowest BCUT2D eigenvalue weighted by molar-refractivity contribution is -0.140. The van der Waals surface area contributed by atoms with Crippen molar-refractivity contribution in [1.29, 1.82) is 0 Å². The largest absolute Gasteiger partial charge is 0.368 e. The number of nitrogens with zero attached hydrogens (tertiary/aromatic N) is 3. The highest BCUT2D eigenvalue weighted by molar-refractivity contribution is 5.97. The fraction of sp³-hybridized carbons (Fsp3) is 0.364. The Morgan fingerprint density at radius 1 is 1.16 bits per heavy atom. The van der Waals surface area contributed by atoms with Gasteiger partial charge < -0.3 is 15.0 Å². The third-order valence-electron chi connectivity index (χ3n) is 5.45. The fourth-order valence-corrected chi connectivity index (χ4v) is 3.78. The van der Waals surface area contributed by atoms with Crippen molar-refractivity contribution >= 4 is 17.8 Å². The molecule has 32 heavy (non-hydrogen) atoms. The highest BCUT2D eigenvalue weighted by Crippen LogP contribution is 2.27. The zero-order valence-corrected chi connectivity index (χ0v) is 17.2. The molecule has 0 aliphatic carbocycles. The lowest BCUT2D eigenvalue weighted by atomic mass is 10.1. The Morgan fingerprint density at radius 2 is 1.91 bits per heavy atom. The zero-order valence-electron chi connectivity index (χ0n) is 17.2. The molecule has 0 spiro atoms. The topological polar surface area (TPSA) is 91.8 Å². The Balaban J connectivity index is 1.43. The van der Waals surface area contributed by atoms with Crippen molar-refractivity contribution in [2.24, 2.45) is 0 Å². The first-order chi connectivity index (χ1) is 15.4. The van der Waals surface area contributed by atoms with E-state index in [1.54, 1.807) is 17.0 Å². The van der Waals surface area contributed by atoms with Gasteiger partial charge in [0.2, 0.25) is 11.8 Å². The summed E-state index contributed by atoms with van der Waals surface area (Å²) in [7, 11) is 0. The van der Waals surface area contributed by atoms with Crippen molar-refractivity contribution < 1.29 is 27.9 Å². The van der Waals surface area contributed by atoms with Crippen LogP contribution in [0.2, 0.25) is 0 Å². The number of amides is 4. The molecule has 8 nitrogen and oxygen atoms in total. The second-order valence-corrected chi connectivity index (χ2v) is 7.52. The fourth-order valence-electron chi connectivity index (χ4n) is 3.78. The first-order valence-electron chi connectivity index (χ1n) is 10.3. The van der Waals surface area contributed by atoms with Gasteiger partial charge in [-0.3, -0.25) is 14.5 Å². The average molecular weight is 444 g/mol. The van der Waals surface area contributed by atoms with Gasteiger partial charge in [-0.2, -0.15) is 0 Å². The molecule has 2 aliphatic rings. The summed E-state index contributed by atoms with van der Waals surface area (Å²) >= 11 is 0. The standard InChI is InChI=1S/C22H22F2N4O4/c23-14-3-1-4-15(24)21(14)17-6-2-5-16(26-17)18-13-27(11-12-32-18)19(29)8-10-28-20(30)7-9-25-22(28)31/h1-6,18H,7-13H2,(H,25,31)/t18-/m0/s1. The van der Waals surface area contributed by atoms with Gasteiger partial charge in [0.1, 0.15) is 17.7 Å². The molecule has 1 N–H and O–H groups in total. The van der Waals surface area contributed by atoms with Crippen LogP contribution >= 0.6 is 0 Å². The number of urea groups is 1. The number of nitrogens with one attached hydrogen (secondary N) is 1. The number of rotatable bonds is 5. The Hall–Kier alpha value is -3.40. The molecule has 10 heteroatoms. The summed E-state index contributed by atoms with van der Waals surface area (Å²) in [6.45, 7) is 1.13. The van der Waals surface area contributed by atoms with Crippen LogP contribution in [0, 0.1) is 11.6 Å². The zero-order chi connectivity index (χ0) is 22.7. The van der Waals surface area contributed by atoms with Crippen molar-refractivity contribution in [3.05, 3.63) is 53.7 Å². The monoisotopic (exact) mass is 444 g/mol. The highest BCUT2D eigenvalue weighted by Gasteiger charge is 2.29. The maximum Gasteiger partial charge on any atom is 0.324 e. The van der Waals surface area contributed by atoms with E-state index < -0.39 is 23.8 Å². The average Bonchev–Trinajstić information content (AvgIpc) is 2.79. The summed E-state index contributed by atoms with van der Waals surface area (Å²) in [5, 5.41) is 2.58. The van der Waals surface area contributed by atoms with Crippen LogP contribution in [0.3, 0.4) is 0 Å². The molecule has 3 heterocycles. The predicted molar refractivity (Wildman–Crippen MR) is 109 cm³/mol. The van der Waals surface area contributed by atoms with Crippen LogP contribution in [0.1, 0.15) is 24.6 Å². The first kappa shape index (κ1) is 21.8. The maximum absolute atomic E-state index is 14.2. The van der Waals surface area contributed by atoms with Crippen LogP contribution in [0.15, 0.2) is 36.4 Å². The number of benzene rings is 1. The Morgan fingerprint density at radius 3 is 2.66 bits per heavy atom. The van der Waals surface area contributed by atoms with Gasteiger partial charge in [-0.25, -0.2) is 18.6 Å². The summed E-state index contributed by atoms with van der Waals surface area (Å²) in [6.07, 6.45) is -0.355. The number of carbonyl (C=O) groups excluding carboxylic acids is 3. The molecule has 2 fully saturated rings. The van der Waals surface area contributed by atoms with E-state index in [1.165, 1.54) is 12.1 Å². The molecule has 4 rings (SSSR count). The number of ether oxygens (including phenoxy) is 1. The molecule has 1 aromatic carbocycles. The van der Waals surface area contributed by atoms with Crippen molar-refractivity contribution in [3.8, 4) is 11.3 Å². The van der Waals surface area contributed by atoms with E-state index >= 15 is 0 Å². The summed E-state index contributed by atoms with van der Waals surface area (Å²) in [4.78, 5) is 43.4. The highest BCUT2D eigenvalue weighted by atomic mass is 19.1. The third-order valence-corrected chi connectivity index (χ3v) is 5.45. The molecule has 0 saturated carbocycles. The van der Waals surface area contributed by atoms with Crippen molar-refractivity contribution in [2.45, 2.75) is 18.9 Å². The SMILES string of the molecule is O=C(CCN1C(=O)CCNC1=O)N1CCO[C@H](c2cccc(-c3c(F)cccc3F)n2)C1. The van der Waals surface area contributed by atoms with E-state index in [0.29, 0.717) is 18.8 Å². The third kappa shape index (κ3) is 4.59. The molecule has 2 aliphatic heterocycles. The molecule has 168 valence electrons. The molecule has 2 saturated heterocycles. The van der Waals surface area contributed by atoms with Crippen LogP contribution in [-0.4, -0.2) is 65.4 Å².